The summed E-state index contributed by atoms with van der Waals surface area (Å²) in [6, 6.07) is 0.609. The molecule has 20 heavy (non-hydrogen) atoms. The summed E-state index contributed by atoms with van der Waals surface area (Å²) in [5, 5.41) is 3.49. The van der Waals surface area contributed by atoms with Gasteiger partial charge in [-0.2, -0.15) is 0 Å². The van der Waals surface area contributed by atoms with Gasteiger partial charge in [-0.15, -0.1) is 0 Å². The number of nitrogens with one attached hydrogen (secondary N) is 1. The Morgan fingerprint density at radius 2 is 1.75 bits per heavy atom. The Balaban J connectivity index is 4.33. The molecule has 0 rings (SSSR count). The van der Waals surface area contributed by atoms with Gasteiger partial charge in [0.25, 0.3) is 0 Å². The Bertz CT molecular complexity index is 285. The predicted octanol–water partition coefficient (Wildman–Crippen LogP) is 3.66. The number of carbonyl (C=O) groups excluding carboxylic acids is 1. The van der Waals surface area contributed by atoms with Gasteiger partial charge in [0.2, 0.25) is 0 Å². The van der Waals surface area contributed by atoms with Crippen molar-refractivity contribution in [1.29, 1.82) is 0 Å². The van der Waals surface area contributed by atoms with Crippen LogP contribution in [0, 0.1) is 5.92 Å². The van der Waals surface area contributed by atoms with Crippen molar-refractivity contribution >= 4 is 6.09 Å². The van der Waals surface area contributed by atoms with Gasteiger partial charge < -0.3 is 15.0 Å². The molecule has 0 spiro atoms. The van der Waals surface area contributed by atoms with Crippen LogP contribution in [0.5, 0.6) is 0 Å². The van der Waals surface area contributed by atoms with Crippen molar-refractivity contribution in [1.82, 2.24) is 10.2 Å². The van der Waals surface area contributed by atoms with Crippen LogP contribution in [0.25, 0.3) is 0 Å². The summed E-state index contributed by atoms with van der Waals surface area (Å²) in [4.78, 5) is 13.9. The third kappa shape index (κ3) is 7.73. The largest absolute Gasteiger partial charge is 0.444 e. The predicted molar refractivity (Wildman–Crippen MR) is 85.0 cm³/mol. The second-order valence-corrected chi connectivity index (χ2v) is 6.90. The standard InChI is InChI=1S/C16H34N2O2/c1-9-13(4)14(5)17-10-11-18(12(2)3)15(19)20-16(6,7)8/h12-14,17H,9-11H2,1-8H3. The highest BCUT2D eigenvalue weighted by Gasteiger charge is 2.23. The summed E-state index contributed by atoms with van der Waals surface area (Å²) in [5.41, 5.74) is -0.443. The van der Waals surface area contributed by atoms with Crippen LogP contribution in [-0.4, -0.2) is 41.8 Å². The second kappa shape index (κ2) is 8.50. The molecule has 0 aromatic carbocycles. The molecule has 0 aromatic heterocycles. The molecule has 0 aliphatic carbocycles. The lowest BCUT2D eigenvalue weighted by molar-refractivity contribution is 0.0191. The van der Waals surface area contributed by atoms with Gasteiger partial charge in [0, 0.05) is 25.2 Å². The molecule has 0 heterocycles. The fourth-order valence-electron chi connectivity index (χ4n) is 1.85. The zero-order chi connectivity index (χ0) is 15.9. The molecule has 120 valence electrons. The first-order valence-corrected chi connectivity index (χ1v) is 7.81. The molecular formula is C16H34N2O2. The first-order chi connectivity index (χ1) is 9.08. The molecule has 1 amide bonds. The van der Waals surface area contributed by atoms with Gasteiger partial charge in [-0.05, 0) is 47.5 Å². The Labute approximate surface area is 125 Å². The van der Waals surface area contributed by atoms with E-state index in [0.29, 0.717) is 18.5 Å². The number of ether oxygens (including phenoxy) is 1. The number of amides is 1. The summed E-state index contributed by atoms with van der Waals surface area (Å²) in [7, 11) is 0. The fraction of sp³-hybridized carbons (Fsp3) is 0.938. The normalized spacial score (nSPS) is 15.1. The molecule has 2 unspecified atom stereocenters. The molecule has 1 N–H and O–H groups in total. The molecule has 2 atom stereocenters. The van der Waals surface area contributed by atoms with Gasteiger partial charge in [-0.3, -0.25) is 0 Å². The lowest BCUT2D eigenvalue weighted by Gasteiger charge is -2.31. The third-order valence-electron chi connectivity index (χ3n) is 3.57. The number of carbonyl (C=O) groups is 1. The number of nitrogens with zero attached hydrogens (tertiary/aromatic N) is 1. The molecule has 0 fully saturated rings. The van der Waals surface area contributed by atoms with E-state index in [1.165, 1.54) is 0 Å². The zero-order valence-corrected chi connectivity index (χ0v) is 14.6. The second-order valence-electron chi connectivity index (χ2n) is 6.90. The van der Waals surface area contributed by atoms with Gasteiger partial charge in [-0.1, -0.05) is 20.3 Å². The molecule has 0 saturated carbocycles. The van der Waals surface area contributed by atoms with Gasteiger partial charge in [0.15, 0.2) is 0 Å². The van der Waals surface area contributed by atoms with Crippen LogP contribution >= 0.6 is 0 Å². The van der Waals surface area contributed by atoms with E-state index >= 15 is 0 Å². The highest BCUT2D eigenvalue weighted by atomic mass is 16.6. The monoisotopic (exact) mass is 286 g/mol. The Morgan fingerprint density at radius 3 is 2.15 bits per heavy atom. The molecular weight excluding hydrogens is 252 g/mol. The van der Waals surface area contributed by atoms with Gasteiger partial charge >= 0.3 is 6.09 Å². The van der Waals surface area contributed by atoms with Crippen LogP contribution in [0.1, 0.15) is 61.8 Å². The molecule has 0 aliphatic rings. The van der Waals surface area contributed by atoms with Crippen LogP contribution in [-0.2, 0) is 4.74 Å². The minimum Gasteiger partial charge on any atom is -0.444 e. The molecule has 0 bridgehead atoms. The van der Waals surface area contributed by atoms with E-state index in [4.69, 9.17) is 4.74 Å². The van der Waals surface area contributed by atoms with Crippen LogP contribution in [0.4, 0.5) is 4.79 Å². The van der Waals surface area contributed by atoms with E-state index < -0.39 is 5.60 Å². The Morgan fingerprint density at radius 1 is 1.20 bits per heavy atom. The first kappa shape index (κ1) is 19.2. The summed E-state index contributed by atoms with van der Waals surface area (Å²) in [6.45, 7) is 17.8. The average Bonchev–Trinajstić information content (AvgIpc) is 2.30. The molecule has 0 aliphatic heterocycles. The van der Waals surface area contributed by atoms with Crippen LogP contribution in [0.2, 0.25) is 0 Å². The van der Waals surface area contributed by atoms with E-state index in [1.54, 1.807) is 4.90 Å². The summed E-state index contributed by atoms with van der Waals surface area (Å²) < 4.78 is 5.45. The SMILES string of the molecule is CCC(C)C(C)NCCN(C(=O)OC(C)(C)C)C(C)C. The third-order valence-corrected chi connectivity index (χ3v) is 3.57. The minimum absolute atomic E-state index is 0.144. The van der Waals surface area contributed by atoms with Crippen molar-refractivity contribution < 1.29 is 9.53 Å². The van der Waals surface area contributed by atoms with Gasteiger partial charge in [0.1, 0.15) is 5.60 Å². The Hall–Kier alpha value is -0.770. The van der Waals surface area contributed by atoms with Crippen molar-refractivity contribution in [3.8, 4) is 0 Å². The topological polar surface area (TPSA) is 41.6 Å². The molecule has 0 saturated heterocycles. The van der Waals surface area contributed by atoms with Crippen molar-refractivity contribution in [2.24, 2.45) is 5.92 Å². The van der Waals surface area contributed by atoms with E-state index in [9.17, 15) is 4.79 Å². The maximum atomic E-state index is 12.1. The van der Waals surface area contributed by atoms with Crippen LogP contribution < -0.4 is 5.32 Å². The summed E-state index contributed by atoms with van der Waals surface area (Å²) >= 11 is 0. The van der Waals surface area contributed by atoms with E-state index in [-0.39, 0.29) is 12.1 Å². The first-order valence-electron chi connectivity index (χ1n) is 7.81. The van der Waals surface area contributed by atoms with Crippen molar-refractivity contribution in [3.63, 3.8) is 0 Å². The molecule has 4 heteroatoms. The molecule has 0 radical (unpaired) electrons. The highest BCUT2D eigenvalue weighted by molar-refractivity contribution is 5.68. The van der Waals surface area contributed by atoms with E-state index in [2.05, 4.69) is 26.1 Å². The lowest BCUT2D eigenvalue weighted by Crippen LogP contribution is -2.45. The highest BCUT2D eigenvalue weighted by Crippen LogP contribution is 2.12. The van der Waals surface area contributed by atoms with Crippen molar-refractivity contribution in [2.75, 3.05) is 13.1 Å². The lowest BCUT2D eigenvalue weighted by atomic mass is 10.0. The fourth-order valence-corrected chi connectivity index (χ4v) is 1.85. The van der Waals surface area contributed by atoms with Crippen LogP contribution in [0.15, 0.2) is 0 Å². The minimum atomic E-state index is -0.443. The smallest absolute Gasteiger partial charge is 0.410 e. The van der Waals surface area contributed by atoms with Gasteiger partial charge in [-0.25, -0.2) is 4.79 Å². The van der Waals surface area contributed by atoms with Crippen LogP contribution in [0.3, 0.4) is 0 Å². The van der Waals surface area contributed by atoms with Gasteiger partial charge in [0.05, 0.1) is 0 Å². The maximum absolute atomic E-state index is 12.1. The zero-order valence-electron chi connectivity index (χ0n) is 14.6. The van der Waals surface area contributed by atoms with Crippen molar-refractivity contribution in [3.05, 3.63) is 0 Å². The molecule has 0 aromatic rings. The van der Waals surface area contributed by atoms with E-state index in [0.717, 1.165) is 13.0 Å². The molecule has 4 nitrogen and oxygen atoms in total. The van der Waals surface area contributed by atoms with E-state index in [1.807, 2.05) is 34.6 Å². The number of rotatable bonds is 7. The quantitative estimate of drug-likeness (QED) is 0.776. The number of hydrogen-bond donors (Lipinski definition) is 1. The average molecular weight is 286 g/mol. The number of hydrogen-bond acceptors (Lipinski definition) is 3. The summed E-state index contributed by atoms with van der Waals surface area (Å²) in [5.74, 6) is 0.643. The Kier molecular flexibility index (Phi) is 8.17. The maximum Gasteiger partial charge on any atom is 0.410 e. The summed E-state index contributed by atoms with van der Waals surface area (Å²) in [6.07, 6.45) is 0.930. The van der Waals surface area contributed by atoms with Crippen molar-refractivity contribution in [2.45, 2.75) is 79.5 Å².